The molecule has 9 heteroatoms. The van der Waals surface area contributed by atoms with Crippen LogP contribution in [0.15, 0.2) is 23.0 Å². The molecule has 2 aliphatic rings. The average Bonchev–Trinajstić information content (AvgIpc) is 3.13. The van der Waals surface area contributed by atoms with Crippen molar-refractivity contribution in [3.63, 3.8) is 0 Å². The van der Waals surface area contributed by atoms with Gasteiger partial charge in [-0.05, 0) is 31.2 Å². The molecule has 0 unspecified atom stereocenters. The Morgan fingerprint density at radius 1 is 1.30 bits per heavy atom. The van der Waals surface area contributed by atoms with E-state index in [2.05, 4.69) is 10.3 Å². The average molecular weight is 442 g/mol. The Kier molecular flexibility index (Phi) is 5.16. The molecule has 30 heavy (non-hydrogen) atoms. The lowest BCUT2D eigenvalue weighted by molar-refractivity contribution is 0.0735. The van der Waals surface area contributed by atoms with Gasteiger partial charge in [0.05, 0.1) is 22.6 Å². The van der Waals surface area contributed by atoms with Gasteiger partial charge in [0.1, 0.15) is 0 Å². The minimum absolute atomic E-state index is 0.0252. The molecule has 7 nitrogen and oxygen atoms in total. The molecule has 156 valence electrons. The van der Waals surface area contributed by atoms with Crippen molar-refractivity contribution < 1.29 is 9.59 Å². The molecule has 0 spiro atoms. The van der Waals surface area contributed by atoms with Crippen LogP contribution in [-0.4, -0.2) is 44.1 Å². The first kappa shape index (κ1) is 19.4. The monoisotopic (exact) mass is 441 g/mol. The summed E-state index contributed by atoms with van der Waals surface area (Å²) < 4.78 is 1.98. The molecule has 0 aromatic carbocycles. The fraction of sp³-hybridized carbons (Fsp3) is 0.429. The van der Waals surface area contributed by atoms with E-state index in [9.17, 15) is 9.59 Å². The second-order valence-corrected chi connectivity index (χ2v) is 9.70. The van der Waals surface area contributed by atoms with Crippen molar-refractivity contribution >= 4 is 34.5 Å². The number of aryl methyl sites for hydroxylation is 3. The lowest BCUT2D eigenvalue weighted by Crippen LogP contribution is -2.37. The highest BCUT2D eigenvalue weighted by molar-refractivity contribution is 7.12. The summed E-state index contributed by atoms with van der Waals surface area (Å²) in [6.07, 6.45) is 3.61. The molecule has 0 radical (unpaired) electrons. The van der Waals surface area contributed by atoms with Crippen molar-refractivity contribution in [1.29, 1.82) is 0 Å². The van der Waals surface area contributed by atoms with Crippen molar-refractivity contribution in [3.05, 3.63) is 55.4 Å². The molecule has 4 heterocycles. The zero-order valence-corrected chi connectivity index (χ0v) is 18.4. The summed E-state index contributed by atoms with van der Waals surface area (Å²) in [5, 5.41) is 9.68. The zero-order chi connectivity index (χ0) is 20.7. The van der Waals surface area contributed by atoms with Gasteiger partial charge in [0, 0.05) is 48.1 Å². The number of fused-ring (bicyclic) bond motifs is 1. The predicted molar refractivity (Wildman–Crippen MR) is 116 cm³/mol. The Hall–Kier alpha value is -2.52. The predicted octanol–water partition coefficient (Wildman–Crippen LogP) is 3.04. The second kappa shape index (κ2) is 7.96. The summed E-state index contributed by atoms with van der Waals surface area (Å²) in [5.41, 5.74) is 5.37. The van der Waals surface area contributed by atoms with Gasteiger partial charge in [-0.25, -0.2) is 4.98 Å². The molecule has 1 saturated carbocycles. The number of nitrogens with one attached hydrogen (secondary N) is 1. The summed E-state index contributed by atoms with van der Waals surface area (Å²) in [4.78, 5) is 33.9. The van der Waals surface area contributed by atoms with E-state index in [0.717, 1.165) is 41.1 Å². The number of hydrogen-bond donors (Lipinski definition) is 1. The number of nitrogens with zero attached hydrogens (tertiary/aromatic N) is 4. The number of amides is 2. The Morgan fingerprint density at radius 3 is 2.87 bits per heavy atom. The minimum atomic E-state index is -0.119. The van der Waals surface area contributed by atoms with Crippen LogP contribution >= 0.6 is 22.7 Å². The maximum Gasteiger partial charge on any atom is 0.272 e. The van der Waals surface area contributed by atoms with E-state index in [1.54, 1.807) is 11.3 Å². The summed E-state index contributed by atoms with van der Waals surface area (Å²) in [6, 6.07) is 4.01. The highest BCUT2D eigenvalue weighted by atomic mass is 32.1. The first-order valence-corrected chi connectivity index (χ1v) is 12.0. The van der Waals surface area contributed by atoms with Gasteiger partial charge in [0.25, 0.3) is 11.8 Å². The molecular weight excluding hydrogens is 418 g/mol. The molecule has 2 amide bonds. The Labute approximate surface area is 182 Å². The smallest absolute Gasteiger partial charge is 0.272 e. The van der Waals surface area contributed by atoms with Crippen LogP contribution in [0.5, 0.6) is 0 Å². The van der Waals surface area contributed by atoms with Gasteiger partial charge in [0.15, 0.2) is 5.69 Å². The minimum Gasteiger partial charge on any atom is -0.348 e. The Morgan fingerprint density at radius 2 is 2.17 bits per heavy atom. The number of thiophene rings is 1. The lowest BCUT2D eigenvalue weighted by atomic mass is 10.0. The van der Waals surface area contributed by atoms with E-state index in [-0.39, 0.29) is 17.9 Å². The third kappa shape index (κ3) is 3.79. The van der Waals surface area contributed by atoms with E-state index in [1.807, 2.05) is 39.5 Å². The van der Waals surface area contributed by atoms with Crippen molar-refractivity contribution in [2.24, 2.45) is 0 Å². The summed E-state index contributed by atoms with van der Waals surface area (Å²) in [6.45, 7) is 3.80. The van der Waals surface area contributed by atoms with E-state index >= 15 is 0 Å². The van der Waals surface area contributed by atoms with Crippen LogP contribution in [0.3, 0.4) is 0 Å². The molecule has 0 saturated heterocycles. The van der Waals surface area contributed by atoms with Gasteiger partial charge in [0.2, 0.25) is 0 Å². The summed E-state index contributed by atoms with van der Waals surface area (Å²) >= 11 is 3.11. The standard InChI is InChI=1S/C21H23N5O2S2/c1-13-17(30-12-22-13)7-9-26-16-6-8-25(21(28)18-3-2-10-29-18)11-15(16)19(24-26)20(27)23-14-4-5-14/h2-3,10,12,14H,4-9,11H2,1H3,(H,23,27). The molecular formula is C21H23N5O2S2. The maximum atomic E-state index is 12.9. The van der Waals surface area contributed by atoms with Crippen molar-refractivity contribution in [2.75, 3.05) is 6.54 Å². The van der Waals surface area contributed by atoms with E-state index < -0.39 is 0 Å². The van der Waals surface area contributed by atoms with Crippen molar-refractivity contribution in [3.8, 4) is 0 Å². The van der Waals surface area contributed by atoms with Crippen molar-refractivity contribution in [1.82, 2.24) is 25.0 Å². The van der Waals surface area contributed by atoms with Gasteiger partial charge < -0.3 is 10.2 Å². The van der Waals surface area contributed by atoms with Crippen LogP contribution < -0.4 is 5.32 Å². The molecule has 3 aromatic heterocycles. The number of rotatable bonds is 6. The normalized spacial score (nSPS) is 15.8. The van der Waals surface area contributed by atoms with Gasteiger partial charge in [-0.2, -0.15) is 5.10 Å². The highest BCUT2D eigenvalue weighted by Crippen LogP contribution is 2.27. The van der Waals surface area contributed by atoms with Crippen molar-refractivity contribution in [2.45, 2.75) is 51.7 Å². The third-order valence-corrected chi connectivity index (χ3v) is 7.53. The molecule has 1 aliphatic heterocycles. The molecule has 0 atom stereocenters. The quantitative estimate of drug-likeness (QED) is 0.638. The topological polar surface area (TPSA) is 80.1 Å². The summed E-state index contributed by atoms with van der Waals surface area (Å²) in [7, 11) is 0. The van der Waals surface area contributed by atoms with E-state index in [4.69, 9.17) is 5.10 Å². The first-order valence-electron chi connectivity index (χ1n) is 10.2. The van der Waals surface area contributed by atoms with Gasteiger partial charge >= 0.3 is 0 Å². The second-order valence-electron chi connectivity index (χ2n) is 7.81. The SMILES string of the molecule is Cc1ncsc1CCn1nc(C(=O)NC2CC2)c2c1CCN(C(=O)c1cccs1)C2. The van der Waals surface area contributed by atoms with E-state index in [0.29, 0.717) is 31.7 Å². The number of carbonyl (C=O) groups excluding carboxylic acids is 2. The van der Waals surface area contributed by atoms with Gasteiger partial charge in [-0.15, -0.1) is 22.7 Å². The van der Waals surface area contributed by atoms with E-state index in [1.165, 1.54) is 16.2 Å². The van der Waals surface area contributed by atoms with Crippen LogP contribution in [0.25, 0.3) is 0 Å². The molecule has 1 aliphatic carbocycles. The molecule has 0 bridgehead atoms. The largest absolute Gasteiger partial charge is 0.348 e. The first-order chi connectivity index (χ1) is 14.6. The zero-order valence-electron chi connectivity index (χ0n) is 16.8. The number of hydrogen-bond acceptors (Lipinski definition) is 6. The number of aromatic nitrogens is 3. The lowest BCUT2D eigenvalue weighted by Gasteiger charge is -2.27. The maximum absolute atomic E-state index is 12.9. The summed E-state index contributed by atoms with van der Waals surface area (Å²) in [5.74, 6) is -0.0934. The molecule has 1 N–H and O–H groups in total. The van der Waals surface area contributed by atoms with Gasteiger partial charge in [-0.3, -0.25) is 14.3 Å². The fourth-order valence-electron chi connectivity index (χ4n) is 3.84. The Bertz CT molecular complexity index is 1080. The third-order valence-electron chi connectivity index (χ3n) is 5.68. The van der Waals surface area contributed by atoms with Crippen LogP contribution in [-0.2, 0) is 25.9 Å². The van der Waals surface area contributed by atoms with Crippen LogP contribution in [0.2, 0.25) is 0 Å². The molecule has 3 aromatic rings. The Balaban J connectivity index is 1.41. The molecule has 1 fully saturated rings. The van der Waals surface area contributed by atoms with Gasteiger partial charge in [-0.1, -0.05) is 6.07 Å². The highest BCUT2D eigenvalue weighted by Gasteiger charge is 2.32. The molecule has 5 rings (SSSR count). The van der Waals surface area contributed by atoms with Crippen LogP contribution in [0.4, 0.5) is 0 Å². The fourth-order valence-corrected chi connectivity index (χ4v) is 5.30. The number of thiazole rings is 1. The van der Waals surface area contributed by atoms with Crippen LogP contribution in [0.1, 0.15) is 54.8 Å². The number of carbonyl (C=O) groups is 2. The van der Waals surface area contributed by atoms with Crippen LogP contribution in [0, 0.1) is 6.92 Å².